The zero-order valence-electron chi connectivity index (χ0n) is 15.5. The van der Waals surface area contributed by atoms with Crippen LogP contribution in [0.3, 0.4) is 0 Å². The van der Waals surface area contributed by atoms with E-state index in [9.17, 15) is 14.0 Å². The summed E-state index contributed by atoms with van der Waals surface area (Å²) in [4.78, 5) is 35.1. The highest BCUT2D eigenvalue weighted by Crippen LogP contribution is 2.25. The Bertz CT molecular complexity index is 1140. The molecule has 0 fully saturated rings. The summed E-state index contributed by atoms with van der Waals surface area (Å²) in [5.41, 5.74) is 1.69. The third-order valence-corrected chi connectivity index (χ3v) is 5.26. The molecule has 2 heterocycles. The van der Waals surface area contributed by atoms with Crippen molar-refractivity contribution in [2.24, 2.45) is 0 Å². The van der Waals surface area contributed by atoms with E-state index in [-0.39, 0.29) is 29.0 Å². The number of benzene rings is 2. The molecule has 2 aromatic carbocycles. The van der Waals surface area contributed by atoms with Crippen molar-refractivity contribution in [2.45, 2.75) is 13.0 Å². The number of nitrogens with zero attached hydrogens (tertiary/aromatic N) is 3. The molecule has 0 saturated carbocycles. The molecule has 1 N–H and O–H groups in total. The van der Waals surface area contributed by atoms with Crippen molar-refractivity contribution in [3.05, 3.63) is 86.9 Å². The smallest absolute Gasteiger partial charge is 0.258 e. The van der Waals surface area contributed by atoms with Crippen LogP contribution in [-0.2, 0) is 13.0 Å². The predicted octanol–water partition coefficient (Wildman–Crippen LogP) is 4.37. The van der Waals surface area contributed by atoms with E-state index in [0.717, 1.165) is 11.3 Å². The fourth-order valence-electron chi connectivity index (χ4n) is 3.21. The summed E-state index contributed by atoms with van der Waals surface area (Å²) in [5, 5.41) is 3.17. The van der Waals surface area contributed by atoms with Crippen LogP contribution in [0.4, 0.5) is 10.3 Å². The molecule has 2 amide bonds. The summed E-state index contributed by atoms with van der Waals surface area (Å²) < 4.78 is 14.1. The van der Waals surface area contributed by atoms with Crippen LogP contribution in [0.2, 0.25) is 10.0 Å². The largest absolute Gasteiger partial charge is 0.334 e. The lowest BCUT2D eigenvalue weighted by atomic mass is 10.1. The second-order valence-electron chi connectivity index (χ2n) is 6.70. The maximum atomic E-state index is 14.1. The van der Waals surface area contributed by atoms with Crippen LogP contribution in [0.5, 0.6) is 0 Å². The minimum atomic E-state index is -0.659. The Balaban J connectivity index is 1.49. The summed E-state index contributed by atoms with van der Waals surface area (Å²) in [7, 11) is 0. The Morgan fingerprint density at radius 1 is 1.13 bits per heavy atom. The highest BCUT2D eigenvalue weighted by molar-refractivity contribution is 6.33. The van der Waals surface area contributed by atoms with Crippen LogP contribution in [0, 0.1) is 5.82 Å². The van der Waals surface area contributed by atoms with Gasteiger partial charge in [0, 0.05) is 41.9 Å². The highest BCUT2D eigenvalue weighted by Gasteiger charge is 2.27. The summed E-state index contributed by atoms with van der Waals surface area (Å²) in [6.45, 7) is 0.566. The molecule has 9 heteroatoms. The van der Waals surface area contributed by atoms with Gasteiger partial charge in [0.25, 0.3) is 11.8 Å². The molecule has 6 nitrogen and oxygen atoms in total. The van der Waals surface area contributed by atoms with Crippen LogP contribution in [0.1, 0.15) is 32.0 Å². The molecular weight excluding hydrogens is 430 g/mol. The van der Waals surface area contributed by atoms with Crippen molar-refractivity contribution in [3.63, 3.8) is 0 Å². The first kappa shape index (κ1) is 20.3. The quantitative estimate of drug-likeness (QED) is 0.650. The van der Waals surface area contributed by atoms with Gasteiger partial charge in [-0.3, -0.25) is 14.9 Å². The molecule has 1 aliphatic rings. The molecule has 0 unspecified atom stereocenters. The van der Waals surface area contributed by atoms with E-state index >= 15 is 0 Å². The number of hydrogen-bond acceptors (Lipinski definition) is 4. The van der Waals surface area contributed by atoms with Gasteiger partial charge in [-0.2, -0.15) is 0 Å². The number of aromatic nitrogens is 2. The number of anilines is 1. The van der Waals surface area contributed by atoms with E-state index < -0.39 is 11.7 Å². The SMILES string of the molecule is O=C(Nc1ncc2c(n1)CCN(C(=O)c1c(F)cccc1Cl)C2)c1cccc(Cl)c1. The van der Waals surface area contributed by atoms with E-state index in [1.807, 2.05) is 0 Å². The number of carbonyl (C=O) groups excluding carboxylic acids is 2. The fraction of sp³-hybridized carbons (Fsp3) is 0.143. The number of fused-ring (bicyclic) bond motifs is 1. The van der Waals surface area contributed by atoms with Crippen molar-refractivity contribution >= 4 is 41.0 Å². The van der Waals surface area contributed by atoms with E-state index in [1.54, 1.807) is 30.5 Å². The molecule has 0 radical (unpaired) electrons. The first-order valence-corrected chi connectivity index (χ1v) is 9.83. The molecule has 0 bridgehead atoms. The topological polar surface area (TPSA) is 75.2 Å². The predicted molar refractivity (Wildman–Crippen MR) is 111 cm³/mol. The molecule has 1 aliphatic heterocycles. The van der Waals surface area contributed by atoms with Gasteiger partial charge in [-0.15, -0.1) is 0 Å². The van der Waals surface area contributed by atoms with Gasteiger partial charge in [-0.1, -0.05) is 35.3 Å². The van der Waals surface area contributed by atoms with Crippen LogP contribution < -0.4 is 5.32 Å². The number of hydrogen-bond donors (Lipinski definition) is 1. The molecule has 0 saturated heterocycles. The highest BCUT2D eigenvalue weighted by atomic mass is 35.5. The Morgan fingerprint density at radius 3 is 2.70 bits per heavy atom. The third kappa shape index (κ3) is 4.13. The van der Waals surface area contributed by atoms with Crippen molar-refractivity contribution in [2.75, 3.05) is 11.9 Å². The first-order chi connectivity index (χ1) is 14.4. The molecule has 3 aromatic rings. The van der Waals surface area contributed by atoms with Gasteiger partial charge in [-0.25, -0.2) is 14.4 Å². The van der Waals surface area contributed by atoms with Gasteiger partial charge >= 0.3 is 0 Å². The van der Waals surface area contributed by atoms with Crippen LogP contribution in [-0.4, -0.2) is 33.2 Å². The van der Waals surface area contributed by atoms with Gasteiger partial charge in [0.1, 0.15) is 5.82 Å². The summed E-state index contributed by atoms with van der Waals surface area (Å²) in [6.07, 6.45) is 1.99. The molecular formula is C21H15Cl2FN4O2. The number of rotatable bonds is 3. The van der Waals surface area contributed by atoms with Crippen molar-refractivity contribution < 1.29 is 14.0 Å². The first-order valence-electron chi connectivity index (χ1n) is 9.07. The van der Waals surface area contributed by atoms with Gasteiger partial charge in [0.15, 0.2) is 0 Å². The van der Waals surface area contributed by atoms with Gasteiger partial charge in [0.2, 0.25) is 5.95 Å². The average molecular weight is 445 g/mol. The second-order valence-corrected chi connectivity index (χ2v) is 7.55. The second kappa shape index (κ2) is 8.38. The molecule has 152 valence electrons. The van der Waals surface area contributed by atoms with Crippen molar-refractivity contribution in [3.8, 4) is 0 Å². The third-order valence-electron chi connectivity index (χ3n) is 4.71. The summed E-state index contributed by atoms with van der Waals surface area (Å²) in [6, 6.07) is 10.7. The van der Waals surface area contributed by atoms with E-state index in [0.29, 0.717) is 23.6 Å². The van der Waals surface area contributed by atoms with Crippen LogP contribution in [0.25, 0.3) is 0 Å². The Hall–Kier alpha value is -3.03. The maximum absolute atomic E-state index is 14.1. The number of amides is 2. The monoisotopic (exact) mass is 444 g/mol. The van der Waals surface area contributed by atoms with Gasteiger partial charge < -0.3 is 4.90 Å². The summed E-state index contributed by atoms with van der Waals surface area (Å²) in [5.74, 6) is -1.36. The lowest BCUT2D eigenvalue weighted by Gasteiger charge is -2.28. The Kier molecular flexibility index (Phi) is 5.65. The van der Waals surface area contributed by atoms with Gasteiger partial charge in [-0.05, 0) is 30.3 Å². The lowest BCUT2D eigenvalue weighted by Crippen LogP contribution is -2.37. The lowest BCUT2D eigenvalue weighted by molar-refractivity contribution is 0.0728. The van der Waals surface area contributed by atoms with Gasteiger partial charge in [0.05, 0.1) is 16.3 Å². The molecule has 0 aliphatic carbocycles. The van der Waals surface area contributed by atoms with Crippen molar-refractivity contribution in [1.82, 2.24) is 14.9 Å². The zero-order valence-corrected chi connectivity index (χ0v) is 17.0. The van der Waals surface area contributed by atoms with Crippen LogP contribution >= 0.6 is 23.2 Å². The number of carbonyl (C=O) groups is 2. The standard InChI is InChI=1S/C21H15Cl2FN4O2/c22-14-4-1-3-12(9-14)19(29)27-21-25-10-13-11-28(8-7-17(13)26-21)20(30)18-15(23)5-2-6-16(18)24/h1-6,9-10H,7-8,11H2,(H,25,26,27,29). The normalized spacial score (nSPS) is 13.0. The zero-order chi connectivity index (χ0) is 21.3. The minimum Gasteiger partial charge on any atom is -0.334 e. The minimum absolute atomic E-state index is 0.0705. The Morgan fingerprint density at radius 2 is 1.93 bits per heavy atom. The molecule has 1 aromatic heterocycles. The molecule has 30 heavy (non-hydrogen) atoms. The average Bonchev–Trinajstić information content (AvgIpc) is 2.73. The molecule has 0 spiro atoms. The number of nitrogens with one attached hydrogen (secondary N) is 1. The number of halogens is 3. The van der Waals surface area contributed by atoms with E-state index in [4.69, 9.17) is 23.2 Å². The van der Waals surface area contributed by atoms with E-state index in [2.05, 4.69) is 15.3 Å². The summed E-state index contributed by atoms with van der Waals surface area (Å²) >= 11 is 11.9. The van der Waals surface area contributed by atoms with E-state index in [1.165, 1.54) is 23.1 Å². The van der Waals surface area contributed by atoms with Crippen molar-refractivity contribution in [1.29, 1.82) is 0 Å². The molecule has 4 rings (SSSR count). The Labute approximate surface area is 181 Å². The maximum Gasteiger partial charge on any atom is 0.258 e. The molecule has 0 atom stereocenters. The fourth-order valence-corrected chi connectivity index (χ4v) is 3.65. The van der Waals surface area contributed by atoms with Crippen LogP contribution in [0.15, 0.2) is 48.7 Å².